The first-order valence-corrected chi connectivity index (χ1v) is 3.61. The summed E-state index contributed by atoms with van der Waals surface area (Å²) in [6, 6.07) is 0. The Bertz CT molecular complexity index is 76.2. The van der Waals surface area contributed by atoms with Crippen LogP contribution in [0.4, 0.5) is 0 Å². The Morgan fingerprint density at radius 2 is 2.29 bits per heavy atom. The normalized spacial score (nSPS) is 49.3. The first-order valence-electron chi connectivity index (χ1n) is 2.94. The topological polar surface area (TPSA) is 0 Å². The molecule has 0 radical (unpaired) electrons. The highest BCUT2D eigenvalue weighted by Crippen LogP contribution is 2.53. The van der Waals surface area contributed by atoms with Gasteiger partial charge < -0.3 is 0 Å². The fourth-order valence-electron chi connectivity index (χ4n) is 0.850. The van der Waals surface area contributed by atoms with Gasteiger partial charge in [0.25, 0.3) is 0 Å². The maximum atomic E-state index is 2.88. The van der Waals surface area contributed by atoms with E-state index in [-0.39, 0.29) is 0 Å². The highest BCUT2D eigenvalue weighted by atomic mass is 31.0. The third-order valence-electron chi connectivity index (χ3n) is 2.23. The van der Waals surface area contributed by atoms with E-state index >= 15 is 0 Å². The van der Waals surface area contributed by atoms with Crippen LogP contribution in [-0.2, 0) is 0 Å². The standard InChI is InChI=1S/C6H13P/c1-3-6(2)4-5(6)7/h5H,3-4,7H2,1-2H3. The van der Waals surface area contributed by atoms with Crippen LogP contribution < -0.4 is 0 Å². The van der Waals surface area contributed by atoms with Crippen molar-refractivity contribution in [3.8, 4) is 0 Å². The molecular weight excluding hydrogens is 103 g/mol. The van der Waals surface area contributed by atoms with Crippen molar-refractivity contribution in [3.63, 3.8) is 0 Å². The molecular formula is C6H13P. The van der Waals surface area contributed by atoms with E-state index in [4.69, 9.17) is 0 Å². The van der Waals surface area contributed by atoms with Crippen molar-refractivity contribution in [1.29, 1.82) is 0 Å². The summed E-state index contributed by atoms with van der Waals surface area (Å²) >= 11 is 0. The molecule has 0 aliphatic heterocycles. The van der Waals surface area contributed by atoms with E-state index in [0.717, 1.165) is 5.66 Å². The van der Waals surface area contributed by atoms with Crippen molar-refractivity contribution in [2.45, 2.75) is 32.3 Å². The largest absolute Gasteiger partial charge is 0.134 e. The van der Waals surface area contributed by atoms with Gasteiger partial charge in [-0.15, -0.1) is 9.24 Å². The number of rotatable bonds is 1. The second-order valence-corrected chi connectivity index (χ2v) is 3.62. The van der Waals surface area contributed by atoms with Gasteiger partial charge in [-0.3, -0.25) is 0 Å². The quantitative estimate of drug-likeness (QED) is 0.460. The number of hydrogen-bond acceptors (Lipinski definition) is 0. The van der Waals surface area contributed by atoms with E-state index in [9.17, 15) is 0 Å². The van der Waals surface area contributed by atoms with Crippen LogP contribution in [0.25, 0.3) is 0 Å². The Morgan fingerprint density at radius 1 is 1.86 bits per heavy atom. The molecule has 0 amide bonds. The smallest absolute Gasteiger partial charge is 0.0205 e. The van der Waals surface area contributed by atoms with Gasteiger partial charge in [-0.2, -0.15) is 0 Å². The molecule has 3 unspecified atom stereocenters. The van der Waals surface area contributed by atoms with Crippen molar-refractivity contribution in [2.24, 2.45) is 5.41 Å². The van der Waals surface area contributed by atoms with Crippen LogP contribution in [0, 0.1) is 5.41 Å². The zero-order valence-corrected chi connectivity index (χ0v) is 6.22. The maximum absolute atomic E-state index is 2.88. The van der Waals surface area contributed by atoms with Crippen molar-refractivity contribution < 1.29 is 0 Å². The molecule has 0 heterocycles. The lowest BCUT2D eigenvalue weighted by Crippen LogP contribution is -1.91. The van der Waals surface area contributed by atoms with Crippen LogP contribution in [0.1, 0.15) is 26.7 Å². The van der Waals surface area contributed by atoms with Crippen molar-refractivity contribution in [1.82, 2.24) is 0 Å². The predicted octanol–water partition coefficient (Wildman–Crippen LogP) is 2.05. The lowest BCUT2D eigenvalue weighted by molar-refractivity contribution is 0.555. The van der Waals surface area contributed by atoms with E-state index in [1.165, 1.54) is 12.8 Å². The van der Waals surface area contributed by atoms with Crippen LogP contribution >= 0.6 is 9.24 Å². The summed E-state index contributed by atoms with van der Waals surface area (Å²) in [4.78, 5) is 0. The molecule has 1 rings (SSSR count). The zero-order chi connectivity index (χ0) is 5.49. The van der Waals surface area contributed by atoms with Gasteiger partial charge in [0.05, 0.1) is 0 Å². The van der Waals surface area contributed by atoms with Crippen LogP contribution in [0.2, 0.25) is 0 Å². The van der Waals surface area contributed by atoms with Crippen LogP contribution in [-0.4, -0.2) is 5.66 Å². The molecule has 1 saturated carbocycles. The Balaban J connectivity index is 2.36. The third kappa shape index (κ3) is 0.817. The first-order chi connectivity index (χ1) is 3.19. The molecule has 1 aliphatic carbocycles. The van der Waals surface area contributed by atoms with Gasteiger partial charge in [0.1, 0.15) is 0 Å². The highest BCUT2D eigenvalue weighted by molar-refractivity contribution is 7.18. The lowest BCUT2D eigenvalue weighted by Gasteiger charge is -2.00. The van der Waals surface area contributed by atoms with Gasteiger partial charge in [-0.25, -0.2) is 0 Å². The van der Waals surface area contributed by atoms with Crippen LogP contribution in [0.3, 0.4) is 0 Å². The lowest BCUT2D eigenvalue weighted by atomic mass is 10.1. The van der Waals surface area contributed by atoms with Gasteiger partial charge in [0.15, 0.2) is 0 Å². The predicted molar refractivity (Wildman–Crippen MR) is 36.5 cm³/mol. The van der Waals surface area contributed by atoms with Gasteiger partial charge in [-0.05, 0) is 17.5 Å². The molecule has 0 aromatic rings. The minimum Gasteiger partial charge on any atom is -0.134 e. The van der Waals surface area contributed by atoms with Crippen molar-refractivity contribution in [2.75, 3.05) is 0 Å². The molecule has 0 saturated heterocycles. The molecule has 1 fully saturated rings. The number of hydrogen-bond donors (Lipinski definition) is 0. The molecule has 0 nitrogen and oxygen atoms in total. The Kier molecular flexibility index (Phi) is 1.15. The highest BCUT2D eigenvalue weighted by Gasteiger charge is 2.44. The second kappa shape index (κ2) is 1.45. The molecule has 0 aromatic heterocycles. The van der Waals surface area contributed by atoms with Crippen molar-refractivity contribution in [3.05, 3.63) is 0 Å². The summed E-state index contributed by atoms with van der Waals surface area (Å²) in [6.45, 7) is 4.62. The zero-order valence-electron chi connectivity index (χ0n) is 5.07. The molecule has 1 heteroatoms. The van der Waals surface area contributed by atoms with Gasteiger partial charge >= 0.3 is 0 Å². The Hall–Kier alpha value is 0.430. The second-order valence-electron chi connectivity index (χ2n) is 2.82. The molecule has 0 bridgehead atoms. The van der Waals surface area contributed by atoms with Crippen LogP contribution in [0.5, 0.6) is 0 Å². The summed E-state index contributed by atoms with van der Waals surface area (Å²) in [5.41, 5.74) is 1.64. The fourth-order valence-corrected chi connectivity index (χ4v) is 1.62. The van der Waals surface area contributed by atoms with E-state index in [2.05, 4.69) is 23.1 Å². The van der Waals surface area contributed by atoms with E-state index in [1.54, 1.807) is 0 Å². The van der Waals surface area contributed by atoms with E-state index in [1.807, 2.05) is 0 Å². The molecule has 42 valence electrons. The molecule has 1 aliphatic rings. The average Bonchev–Trinajstić information content (AvgIpc) is 2.18. The SMILES string of the molecule is CCC1(C)CC1P. The molecule has 0 N–H and O–H groups in total. The molecule has 3 atom stereocenters. The van der Waals surface area contributed by atoms with Gasteiger partial charge in [0, 0.05) is 0 Å². The minimum absolute atomic E-state index is 0.713. The maximum Gasteiger partial charge on any atom is -0.0205 e. The van der Waals surface area contributed by atoms with Gasteiger partial charge in [-0.1, -0.05) is 20.3 Å². The Labute approximate surface area is 47.9 Å². The summed E-state index contributed by atoms with van der Waals surface area (Å²) in [6.07, 6.45) is 2.77. The summed E-state index contributed by atoms with van der Waals surface area (Å²) in [7, 11) is 2.88. The van der Waals surface area contributed by atoms with E-state index < -0.39 is 0 Å². The first kappa shape index (κ1) is 5.56. The van der Waals surface area contributed by atoms with Crippen LogP contribution in [0.15, 0.2) is 0 Å². The van der Waals surface area contributed by atoms with E-state index in [0.29, 0.717) is 5.41 Å². The summed E-state index contributed by atoms with van der Waals surface area (Å²) in [5.74, 6) is 0. The van der Waals surface area contributed by atoms with Crippen molar-refractivity contribution >= 4 is 9.24 Å². The summed E-state index contributed by atoms with van der Waals surface area (Å²) < 4.78 is 0. The molecule has 0 spiro atoms. The monoisotopic (exact) mass is 116 g/mol. The van der Waals surface area contributed by atoms with Gasteiger partial charge in [0.2, 0.25) is 0 Å². The fraction of sp³-hybridized carbons (Fsp3) is 1.00. The third-order valence-corrected chi connectivity index (χ3v) is 3.27. The molecule has 0 aromatic carbocycles. The molecule has 7 heavy (non-hydrogen) atoms. The average molecular weight is 116 g/mol. The minimum atomic E-state index is 0.713. The Morgan fingerprint density at radius 3 is 2.29 bits per heavy atom. The summed E-state index contributed by atoms with van der Waals surface area (Å²) in [5, 5.41) is 0.